The number of primary amides is 1. The highest BCUT2D eigenvalue weighted by atomic mass is 16.2. The molecule has 0 saturated carbocycles. The van der Waals surface area contributed by atoms with E-state index in [-0.39, 0.29) is 5.82 Å². The number of amides is 2. The van der Waals surface area contributed by atoms with Gasteiger partial charge in [0.2, 0.25) is 12.3 Å². The number of carbonyl (C=O) groups excluding carboxylic acids is 3. The zero-order chi connectivity index (χ0) is 11.7. The smallest absolute Gasteiger partial charge is 0.239 e. The summed E-state index contributed by atoms with van der Waals surface area (Å²) in [7, 11) is 0. The lowest BCUT2D eigenvalue weighted by Gasteiger charge is -2.11. The molecule has 0 heterocycles. The van der Waals surface area contributed by atoms with Gasteiger partial charge >= 0.3 is 0 Å². The Hall–Kier alpha value is -2.01. The highest BCUT2D eigenvalue weighted by Crippen LogP contribution is 1.94. The van der Waals surface area contributed by atoms with E-state index in [0.29, 0.717) is 25.8 Å². The molecular weight excluding hydrogens is 200 g/mol. The Balaban J connectivity index is 3.76. The van der Waals surface area contributed by atoms with Crippen molar-refractivity contribution in [2.24, 2.45) is 11.5 Å². The zero-order valence-corrected chi connectivity index (χ0v) is 8.16. The number of hydrogen-bond donors (Lipinski definition) is 4. The van der Waals surface area contributed by atoms with Gasteiger partial charge < -0.3 is 22.1 Å². The van der Waals surface area contributed by atoms with E-state index in [4.69, 9.17) is 11.5 Å². The third kappa shape index (κ3) is 6.11. The number of rotatable bonds is 8. The van der Waals surface area contributed by atoms with Gasteiger partial charge in [0.05, 0.1) is 0 Å². The fourth-order valence-electron chi connectivity index (χ4n) is 0.955. The van der Waals surface area contributed by atoms with E-state index < -0.39 is 11.9 Å². The van der Waals surface area contributed by atoms with E-state index in [2.05, 4.69) is 10.6 Å². The van der Waals surface area contributed by atoms with E-state index in [1.54, 1.807) is 0 Å². The van der Waals surface area contributed by atoms with Crippen molar-refractivity contribution in [2.75, 3.05) is 6.54 Å². The number of nitrogens with two attached hydrogens (primary N) is 2. The lowest BCUT2D eigenvalue weighted by Crippen LogP contribution is -2.41. The molecule has 84 valence electrons. The molecule has 0 aromatic carbocycles. The highest BCUT2D eigenvalue weighted by Gasteiger charge is 2.12. The largest absolute Gasteiger partial charge is 0.376 e. The molecule has 1 unspecified atom stereocenters. The summed E-state index contributed by atoms with van der Waals surface area (Å²) < 4.78 is 0. The van der Waals surface area contributed by atoms with Crippen molar-refractivity contribution in [3.8, 4) is 0 Å². The molecule has 0 radical (unpaired) electrons. The van der Waals surface area contributed by atoms with Crippen LogP contribution in [0.2, 0.25) is 0 Å². The quantitative estimate of drug-likeness (QED) is 0.203. The van der Waals surface area contributed by atoms with Crippen molar-refractivity contribution in [2.45, 2.75) is 18.9 Å². The molecule has 6 N–H and O–H groups in total. The molecule has 0 aromatic rings. The van der Waals surface area contributed by atoms with Gasteiger partial charge in [0, 0.05) is 6.54 Å². The second-order valence-corrected chi connectivity index (χ2v) is 2.82. The lowest BCUT2D eigenvalue weighted by molar-refractivity contribution is -0.122. The standard InChI is InChI=1S/C8H14N4O3/c9-7(4-13)11-3-1-2-6(8(10)15)12-5-14/h5-6,11H,1-3,9H2,(H2,10,15)(H,12,14). The van der Waals surface area contributed by atoms with E-state index in [1.807, 2.05) is 0 Å². The molecule has 7 heteroatoms. The van der Waals surface area contributed by atoms with Crippen LogP contribution in [0.3, 0.4) is 0 Å². The number of carbonyl (C=O) groups is 2. The molecule has 0 spiro atoms. The monoisotopic (exact) mass is 214 g/mol. The summed E-state index contributed by atoms with van der Waals surface area (Å²) in [6.45, 7) is 0.408. The van der Waals surface area contributed by atoms with Crippen LogP contribution in [0.5, 0.6) is 0 Å². The van der Waals surface area contributed by atoms with Crippen molar-refractivity contribution in [3.05, 3.63) is 5.82 Å². The Morgan fingerprint density at radius 3 is 2.60 bits per heavy atom. The average Bonchev–Trinajstić information content (AvgIpc) is 2.21. The van der Waals surface area contributed by atoms with E-state index >= 15 is 0 Å². The van der Waals surface area contributed by atoms with Crippen LogP contribution >= 0.6 is 0 Å². The summed E-state index contributed by atoms with van der Waals surface area (Å²) >= 11 is 0. The molecule has 0 aromatic heterocycles. The van der Waals surface area contributed by atoms with Gasteiger partial charge in [-0.2, -0.15) is 0 Å². The topological polar surface area (TPSA) is 127 Å². The molecule has 0 aliphatic carbocycles. The maximum atomic E-state index is 10.8. The maximum Gasteiger partial charge on any atom is 0.239 e. The van der Waals surface area contributed by atoms with Crippen LogP contribution in [0.4, 0.5) is 0 Å². The normalized spacial score (nSPS) is 10.9. The van der Waals surface area contributed by atoms with Crippen LogP contribution in [-0.2, 0) is 14.4 Å². The number of hydrogen-bond acceptors (Lipinski definition) is 5. The highest BCUT2D eigenvalue weighted by molar-refractivity contribution is 5.81. The van der Waals surface area contributed by atoms with Crippen LogP contribution in [-0.4, -0.2) is 30.8 Å². The second kappa shape index (κ2) is 7.40. The molecule has 1 atom stereocenters. The van der Waals surface area contributed by atoms with Crippen LogP contribution in [0.1, 0.15) is 12.8 Å². The van der Waals surface area contributed by atoms with Gasteiger partial charge in [0.25, 0.3) is 0 Å². The molecule has 0 aliphatic rings. The van der Waals surface area contributed by atoms with E-state index in [0.717, 1.165) is 0 Å². The molecule has 15 heavy (non-hydrogen) atoms. The van der Waals surface area contributed by atoms with Crippen LogP contribution in [0, 0.1) is 0 Å². The predicted octanol–water partition coefficient (Wildman–Crippen LogP) is -2.41. The summed E-state index contributed by atoms with van der Waals surface area (Å²) in [5.41, 5.74) is 10.1. The van der Waals surface area contributed by atoms with Gasteiger partial charge in [0.15, 0.2) is 11.8 Å². The second-order valence-electron chi connectivity index (χ2n) is 2.82. The van der Waals surface area contributed by atoms with Crippen molar-refractivity contribution < 1.29 is 14.4 Å². The summed E-state index contributed by atoms with van der Waals surface area (Å²) in [6, 6.07) is -0.689. The Bertz CT molecular complexity index is 273. The third-order valence-electron chi connectivity index (χ3n) is 1.71. The van der Waals surface area contributed by atoms with Crippen molar-refractivity contribution in [1.29, 1.82) is 0 Å². The molecule has 2 amide bonds. The average molecular weight is 214 g/mol. The van der Waals surface area contributed by atoms with Gasteiger partial charge in [-0.3, -0.25) is 9.59 Å². The molecule has 0 rings (SSSR count). The SMILES string of the molecule is NC(=O)C(CCCNC(N)=C=O)NC=O. The summed E-state index contributed by atoms with van der Waals surface area (Å²) in [5, 5.41) is 4.86. The Kier molecular flexibility index (Phi) is 6.41. The van der Waals surface area contributed by atoms with Gasteiger partial charge in [-0.15, -0.1) is 0 Å². The maximum absolute atomic E-state index is 10.8. The van der Waals surface area contributed by atoms with E-state index in [9.17, 15) is 14.4 Å². The van der Waals surface area contributed by atoms with Crippen LogP contribution < -0.4 is 22.1 Å². The summed E-state index contributed by atoms with van der Waals surface area (Å²) in [5.74, 6) is 0.786. The Morgan fingerprint density at radius 1 is 1.47 bits per heavy atom. The van der Waals surface area contributed by atoms with Gasteiger partial charge in [-0.05, 0) is 12.8 Å². The minimum absolute atomic E-state index is 0.0889. The Labute approximate surface area is 86.9 Å². The fraction of sp³-hybridized carbons (Fsp3) is 0.500. The minimum Gasteiger partial charge on any atom is -0.376 e. The first-order valence-corrected chi connectivity index (χ1v) is 4.35. The lowest BCUT2D eigenvalue weighted by atomic mass is 10.1. The van der Waals surface area contributed by atoms with Crippen LogP contribution in [0.15, 0.2) is 5.82 Å². The zero-order valence-electron chi connectivity index (χ0n) is 8.16. The third-order valence-corrected chi connectivity index (χ3v) is 1.71. The fourth-order valence-corrected chi connectivity index (χ4v) is 0.955. The molecule has 0 aliphatic heterocycles. The van der Waals surface area contributed by atoms with Gasteiger partial charge in [-0.25, -0.2) is 4.79 Å². The van der Waals surface area contributed by atoms with Crippen molar-refractivity contribution >= 4 is 18.3 Å². The first-order chi connectivity index (χ1) is 7.11. The number of nitrogens with one attached hydrogen (secondary N) is 2. The van der Waals surface area contributed by atoms with E-state index in [1.165, 1.54) is 5.94 Å². The van der Waals surface area contributed by atoms with Gasteiger partial charge in [0.1, 0.15) is 6.04 Å². The summed E-state index contributed by atoms with van der Waals surface area (Å²) in [6.07, 6.45) is 1.34. The van der Waals surface area contributed by atoms with Gasteiger partial charge in [-0.1, -0.05) is 0 Å². The molecule has 0 bridgehead atoms. The van der Waals surface area contributed by atoms with Crippen molar-refractivity contribution in [1.82, 2.24) is 10.6 Å². The molecule has 0 fully saturated rings. The predicted molar refractivity (Wildman–Crippen MR) is 52.8 cm³/mol. The molecule has 7 nitrogen and oxygen atoms in total. The van der Waals surface area contributed by atoms with Crippen LogP contribution in [0.25, 0.3) is 0 Å². The first kappa shape index (κ1) is 13.0. The molecule has 0 saturated heterocycles. The van der Waals surface area contributed by atoms with Crippen molar-refractivity contribution in [3.63, 3.8) is 0 Å². The first-order valence-electron chi connectivity index (χ1n) is 4.35. The Morgan fingerprint density at radius 2 is 2.13 bits per heavy atom. The molecular formula is C8H14N4O3. The minimum atomic E-state index is -0.689. The summed E-state index contributed by atoms with van der Waals surface area (Å²) in [4.78, 5) is 30.8.